The number of allylic oxidation sites excluding steroid dienone is 2. The number of sulfonamides is 1. The standard InChI is InChI=1S/C41H53F3N4O9S/c1-23-10-8-9-11-26-20-40(26,37(52)47-58(53,54)39(6)14-15-39)21-33(49)32-18-28(56-35-25(3)45-30-13-12-27(55-7)17-31(30)46-35)22-48(32)36(51)29(24(2)16-23)19-34(50)57-38(4,5)41(42,43)44/h9,11-13,17,23-24,26,28-29,32H,8,10,14-16,18-22H2,1-7H3,(H,47,52)/b11-9-/t23-,24+,26+,28+,29-,32-,40+/m0/s1. The van der Waals surface area contributed by atoms with Crippen molar-refractivity contribution in [3.8, 4) is 11.6 Å². The van der Waals surface area contributed by atoms with Crippen molar-refractivity contribution in [2.24, 2.45) is 29.1 Å². The summed E-state index contributed by atoms with van der Waals surface area (Å²) < 4.78 is 85.5. The molecule has 6 rings (SSSR count). The first-order valence-electron chi connectivity index (χ1n) is 19.8. The Morgan fingerprint density at radius 2 is 1.78 bits per heavy atom. The van der Waals surface area contributed by atoms with Crippen molar-refractivity contribution in [1.82, 2.24) is 19.6 Å². The number of nitrogens with one attached hydrogen (secondary N) is 1. The molecule has 17 heteroatoms. The minimum Gasteiger partial charge on any atom is -0.497 e. The van der Waals surface area contributed by atoms with Crippen LogP contribution < -0.4 is 14.2 Å². The molecule has 4 aliphatic rings. The molecular weight excluding hydrogens is 782 g/mol. The van der Waals surface area contributed by atoms with Gasteiger partial charge in [0.1, 0.15) is 17.5 Å². The predicted molar refractivity (Wildman–Crippen MR) is 206 cm³/mol. The molecule has 0 spiro atoms. The summed E-state index contributed by atoms with van der Waals surface area (Å²) in [5.41, 5.74) is -2.71. The van der Waals surface area contributed by atoms with Crippen molar-refractivity contribution in [3.05, 3.63) is 36.0 Å². The Labute approximate surface area is 336 Å². The minimum atomic E-state index is -4.87. The lowest BCUT2D eigenvalue weighted by Gasteiger charge is -2.33. The van der Waals surface area contributed by atoms with Gasteiger partial charge in [0.2, 0.25) is 33.3 Å². The normalized spacial score (nSPS) is 29.7. The van der Waals surface area contributed by atoms with Crippen LogP contribution in [-0.2, 0) is 33.9 Å². The van der Waals surface area contributed by atoms with E-state index in [2.05, 4.69) is 14.7 Å². The van der Waals surface area contributed by atoms with Crippen LogP contribution in [-0.4, -0.2) is 89.2 Å². The van der Waals surface area contributed by atoms with Crippen molar-refractivity contribution in [2.45, 2.75) is 128 Å². The first-order valence-corrected chi connectivity index (χ1v) is 21.3. The second-order valence-electron chi connectivity index (χ2n) is 17.6. The van der Waals surface area contributed by atoms with Crippen LogP contribution in [0.4, 0.5) is 13.2 Å². The number of carbonyl (C=O) groups is 4. The summed E-state index contributed by atoms with van der Waals surface area (Å²) in [4.78, 5) is 67.2. The number of fused-ring (bicyclic) bond motifs is 3. The summed E-state index contributed by atoms with van der Waals surface area (Å²) in [5, 5.41) is 0. The number of esters is 1. The summed E-state index contributed by atoms with van der Waals surface area (Å²) in [6.07, 6.45) is -0.308. The van der Waals surface area contributed by atoms with E-state index in [-0.39, 0.29) is 37.6 Å². The molecule has 1 aromatic carbocycles. The minimum absolute atomic E-state index is 0.0135. The number of carbonyl (C=O) groups excluding carboxylic acids is 4. The molecule has 2 aliphatic carbocycles. The highest BCUT2D eigenvalue weighted by molar-refractivity contribution is 7.91. The monoisotopic (exact) mass is 834 g/mol. The third-order valence-corrected chi connectivity index (χ3v) is 14.7. The maximum Gasteiger partial charge on any atom is 0.427 e. The van der Waals surface area contributed by atoms with E-state index in [0.29, 0.717) is 54.6 Å². The molecule has 318 valence electrons. The van der Waals surface area contributed by atoms with Crippen LogP contribution in [0.5, 0.6) is 11.6 Å². The number of hydrogen-bond acceptors (Lipinski definition) is 11. The maximum atomic E-state index is 14.8. The molecule has 3 heterocycles. The Hall–Kier alpha value is -4.28. The average molecular weight is 835 g/mol. The van der Waals surface area contributed by atoms with Gasteiger partial charge in [0.15, 0.2) is 5.78 Å². The molecule has 7 atom stereocenters. The van der Waals surface area contributed by atoms with Crippen LogP contribution in [0.15, 0.2) is 30.4 Å². The van der Waals surface area contributed by atoms with Gasteiger partial charge in [0, 0.05) is 18.9 Å². The molecule has 0 bridgehead atoms. The quantitative estimate of drug-likeness (QED) is 0.227. The zero-order chi connectivity index (χ0) is 42.6. The Kier molecular flexibility index (Phi) is 11.7. The molecule has 58 heavy (non-hydrogen) atoms. The van der Waals surface area contributed by atoms with E-state index in [4.69, 9.17) is 14.2 Å². The van der Waals surface area contributed by atoms with E-state index in [1.54, 1.807) is 39.0 Å². The van der Waals surface area contributed by atoms with E-state index >= 15 is 0 Å². The largest absolute Gasteiger partial charge is 0.497 e. The number of alkyl halides is 3. The number of aromatic nitrogens is 2. The molecule has 1 saturated heterocycles. The highest BCUT2D eigenvalue weighted by Gasteiger charge is 2.63. The Morgan fingerprint density at radius 1 is 1.07 bits per heavy atom. The van der Waals surface area contributed by atoms with E-state index in [9.17, 15) is 40.8 Å². The predicted octanol–water partition coefficient (Wildman–Crippen LogP) is 6.16. The Balaban J connectivity index is 1.35. The number of Topliss-reactive ketones (excluding diaryl/α,β-unsaturated/α-hetero) is 1. The molecular formula is C41H53F3N4O9S. The van der Waals surface area contributed by atoms with Crippen LogP contribution in [0.2, 0.25) is 0 Å². The lowest BCUT2D eigenvalue weighted by molar-refractivity contribution is -0.257. The van der Waals surface area contributed by atoms with Crippen LogP contribution in [0.3, 0.4) is 0 Å². The molecule has 2 aliphatic heterocycles. The van der Waals surface area contributed by atoms with Crippen molar-refractivity contribution < 1.29 is 55.0 Å². The fourth-order valence-electron chi connectivity index (χ4n) is 8.15. The number of nitrogens with zero attached hydrogens (tertiary/aromatic N) is 3. The van der Waals surface area contributed by atoms with Crippen molar-refractivity contribution in [2.75, 3.05) is 13.7 Å². The smallest absolute Gasteiger partial charge is 0.427 e. The van der Waals surface area contributed by atoms with Crippen LogP contribution in [0, 0.1) is 36.0 Å². The number of aryl methyl sites for hydroxylation is 1. The van der Waals surface area contributed by atoms with Gasteiger partial charge in [-0.05, 0) is 96.1 Å². The van der Waals surface area contributed by atoms with E-state index in [1.165, 1.54) is 12.0 Å². The second kappa shape index (κ2) is 15.7. The van der Waals surface area contributed by atoms with Crippen molar-refractivity contribution in [3.63, 3.8) is 0 Å². The molecule has 2 amide bonds. The van der Waals surface area contributed by atoms with Gasteiger partial charge in [-0.1, -0.05) is 26.0 Å². The highest BCUT2D eigenvalue weighted by Crippen LogP contribution is 2.58. The van der Waals surface area contributed by atoms with Crippen molar-refractivity contribution >= 4 is 44.6 Å². The lowest BCUT2D eigenvalue weighted by atomic mass is 9.82. The second-order valence-corrected chi connectivity index (χ2v) is 19.8. The summed E-state index contributed by atoms with van der Waals surface area (Å²) in [5.74, 6) is -4.55. The third-order valence-electron chi connectivity index (χ3n) is 12.5. The molecule has 2 aromatic rings. The van der Waals surface area contributed by atoms with Gasteiger partial charge in [-0.3, -0.25) is 23.9 Å². The number of amides is 2. The fourth-order valence-corrected chi connectivity index (χ4v) is 9.48. The maximum absolute atomic E-state index is 14.8. The molecule has 2 saturated carbocycles. The van der Waals surface area contributed by atoms with Crippen molar-refractivity contribution in [1.29, 1.82) is 0 Å². The lowest BCUT2D eigenvalue weighted by Crippen LogP contribution is -2.48. The summed E-state index contributed by atoms with van der Waals surface area (Å²) in [6.45, 7) is 8.31. The Morgan fingerprint density at radius 3 is 2.43 bits per heavy atom. The number of rotatable bonds is 9. The summed E-state index contributed by atoms with van der Waals surface area (Å²) >= 11 is 0. The molecule has 1 aromatic heterocycles. The first-order chi connectivity index (χ1) is 27.0. The summed E-state index contributed by atoms with van der Waals surface area (Å²) in [7, 11) is -2.52. The molecule has 13 nitrogen and oxygen atoms in total. The number of methoxy groups -OCH3 is 1. The van der Waals surface area contributed by atoms with Gasteiger partial charge in [0.05, 0.1) is 53.2 Å². The van der Waals surface area contributed by atoms with Crippen LogP contribution in [0.25, 0.3) is 11.0 Å². The van der Waals surface area contributed by atoms with E-state index < -0.39 is 91.8 Å². The number of ether oxygens (including phenoxy) is 3. The van der Waals surface area contributed by atoms with E-state index in [1.807, 2.05) is 19.1 Å². The SMILES string of the molecule is COc1ccc2nc(C)c(O[C@@H]3C[C@H]4C(=O)C[C@]5(C(=O)NS(=O)(=O)C6(C)CC6)C[C@H]5/C=C\CC[C@H](C)C[C@@H](C)[C@H](CC(=O)OC(C)(C)C(F)(F)F)C(=O)N4C3)nc2c1. The molecule has 3 fully saturated rings. The highest BCUT2D eigenvalue weighted by atomic mass is 32.2. The topological polar surface area (TPSA) is 171 Å². The zero-order valence-electron chi connectivity index (χ0n) is 34.0. The fraction of sp³-hybridized carbons (Fsp3) is 0.659. The summed E-state index contributed by atoms with van der Waals surface area (Å²) in [6, 6.07) is 3.98. The van der Waals surface area contributed by atoms with Gasteiger partial charge in [0.25, 0.3) is 0 Å². The van der Waals surface area contributed by atoms with Gasteiger partial charge in [-0.15, -0.1) is 0 Å². The molecule has 1 N–H and O–H groups in total. The average Bonchev–Trinajstić information content (AvgIpc) is 4.01. The number of halogens is 3. The van der Waals surface area contributed by atoms with Crippen LogP contribution in [0.1, 0.15) is 98.1 Å². The number of benzene rings is 1. The number of ketones is 1. The van der Waals surface area contributed by atoms with Gasteiger partial charge < -0.3 is 19.1 Å². The zero-order valence-corrected chi connectivity index (χ0v) is 34.8. The third kappa shape index (κ3) is 8.83. The van der Waals surface area contributed by atoms with Crippen LogP contribution >= 0.6 is 0 Å². The van der Waals surface area contributed by atoms with Gasteiger partial charge in [-0.25, -0.2) is 18.4 Å². The van der Waals surface area contributed by atoms with Gasteiger partial charge in [-0.2, -0.15) is 13.2 Å². The molecule has 0 unspecified atom stereocenters. The number of hydrogen-bond donors (Lipinski definition) is 1. The molecule has 0 radical (unpaired) electrons. The first kappa shape index (κ1) is 43.3. The van der Waals surface area contributed by atoms with E-state index in [0.717, 1.165) is 13.8 Å². The van der Waals surface area contributed by atoms with Gasteiger partial charge >= 0.3 is 12.1 Å². The Bertz CT molecular complexity index is 2100.